The molecule has 2 rings (SSSR count). The van der Waals surface area contributed by atoms with E-state index in [2.05, 4.69) is 21.8 Å². The van der Waals surface area contributed by atoms with Crippen LogP contribution in [0.2, 0.25) is 0 Å². The Morgan fingerprint density at radius 2 is 2.00 bits per heavy atom. The van der Waals surface area contributed by atoms with Gasteiger partial charge in [0, 0.05) is 29.9 Å². The van der Waals surface area contributed by atoms with Crippen molar-refractivity contribution in [1.29, 1.82) is 0 Å². The third-order valence-corrected chi connectivity index (χ3v) is 2.35. The first-order chi connectivity index (χ1) is 9.78. The Morgan fingerprint density at radius 1 is 1.15 bits per heavy atom. The van der Waals surface area contributed by atoms with E-state index in [1.807, 2.05) is 0 Å². The van der Waals surface area contributed by atoms with E-state index in [4.69, 9.17) is 9.84 Å². The summed E-state index contributed by atoms with van der Waals surface area (Å²) in [5, 5.41) is 8.65. The molecule has 0 fully saturated rings. The SMILES string of the molecule is OCCC#Cc1cncc(OCc2cncc(F)c2)c1. The van der Waals surface area contributed by atoms with E-state index in [1.54, 1.807) is 24.7 Å². The minimum absolute atomic E-state index is 0.0309. The van der Waals surface area contributed by atoms with Gasteiger partial charge in [0.2, 0.25) is 0 Å². The van der Waals surface area contributed by atoms with Gasteiger partial charge in [-0.25, -0.2) is 4.39 Å². The molecule has 20 heavy (non-hydrogen) atoms. The molecule has 0 aliphatic heterocycles. The molecule has 2 aromatic heterocycles. The summed E-state index contributed by atoms with van der Waals surface area (Å²) in [5.74, 6) is 5.82. The van der Waals surface area contributed by atoms with Crippen LogP contribution in [0.15, 0.2) is 36.9 Å². The summed E-state index contributed by atoms with van der Waals surface area (Å²) in [6.07, 6.45) is 6.27. The fourth-order valence-electron chi connectivity index (χ4n) is 1.49. The van der Waals surface area contributed by atoms with Crippen molar-refractivity contribution in [3.05, 3.63) is 53.9 Å². The summed E-state index contributed by atoms with van der Waals surface area (Å²) in [7, 11) is 0. The lowest BCUT2D eigenvalue weighted by Gasteiger charge is -2.05. The number of aliphatic hydroxyl groups is 1. The molecule has 2 heterocycles. The van der Waals surface area contributed by atoms with E-state index in [0.717, 1.165) is 6.20 Å². The fourth-order valence-corrected chi connectivity index (χ4v) is 1.49. The molecule has 1 N–H and O–H groups in total. The Bertz CT molecular complexity index is 635. The lowest BCUT2D eigenvalue weighted by atomic mass is 10.2. The molecule has 0 saturated carbocycles. The van der Waals surface area contributed by atoms with Crippen molar-refractivity contribution in [2.24, 2.45) is 0 Å². The molecule has 0 amide bonds. The zero-order valence-corrected chi connectivity index (χ0v) is 10.7. The van der Waals surface area contributed by atoms with Gasteiger partial charge in [0.1, 0.15) is 18.2 Å². The first kappa shape index (κ1) is 14.0. The van der Waals surface area contributed by atoms with Crippen LogP contribution in [0.25, 0.3) is 0 Å². The number of aromatic nitrogens is 2. The molecular weight excluding hydrogens is 259 g/mol. The second-order valence-electron chi connectivity index (χ2n) is 3.98. The van der Waals surface area contributed by atoms with Crippen LogP contribution in [0.3, 0.4) is 0 Å². The highest BCUT2D eigenvalue weighted by Crippen LogP contribution is 2.13. The molecule has 102 valence electrons. The van der Waals surface area contributed by atoms with Crippen LogP contribution in [0.5, 0.6) is 5.75 Å². The maximum atomic E-state index is 13.0. The van der Waals surface area contributed by atoms with Crippen LogP contribution in [0, 0.1) is 17.7 Å². The molecule has 0 saturated heterocycles. The predicted molar refractivity (Wildman–Crippen MR) is 71.3 cm³/mol. The molecule has 5 heteroatoms. The lowest BCUT2D eigenvalue weighted by Crippen LogP contribution is -1.97. The van der Waals surface area contributed by atoms with Gasteiger partial charge >= 0.3 is 0 Å². The number of rotatable bonds is 4. The van der Waals surface area contributed by atoms with Gasteiger partial charge in [0.15, 0.2) is 0 Å². The first-order valence-corrected chi connectivity index (χ1v) is 6.05. The maximum Gasteiger partial charge on any atom is 0.141 e. The Morgan fingerprint density at radius 3 is 2.80 bits per heavy atom. The predicted octanol–water partition coefficient (Wildman–Crippen LogP) is 1.93. The number of pyridine rings is 2. The van der Waals surface area contributed by atoms with Gasteiger partial charge < -0.3 is 9.84 Å². The first-order valence-electron chi connectivity index (χ1n) is 6.05. The molecule has 0 aliphatic carbocycles. The minimum atomic E-state index is -0.396. The van der Waals surface area contributed by atoms with E-state index in [9.17, 15) is 4.39 Å². The number of nitrogens with zero attached hydrogens (tertiary/aromatic N) is 2. The number of halogens is 1. The summed E-state index contributed by atoms with van der Waals surface area (Å²) in [6.45, 7) is 0.239. The zero-order chi connectivity index (χ0) is 14.2. The lowest BCUT2D eigenvalue weighted by molar-refractivity contribution is 0.303. The van der Waals surface area contributed by atoms with Crippen LogP contribution in [0.1, 0.15) is 17.5 Å². The van der Waals surface area contributed by atoms with Crippen LogP contribution in [-0.2, 0) is 6.61 Å². The molecule has 0 aliphatic rings. The number of hydrogen-bond acceptors (Lipinski definition) is 4. The topological polar surface area (TPSA) is 55.2 Å². The smallest absolute Gasteiger partial charge is 0.141 e. The summed E-state index contributed by atoms with van der Waals surface area (Å²) < 4.78 is 18.5. The quantitative estimate of drug-likeness (QED) is 0.864. The van der Waals surface area contributed by atoms with E-state index >= 15 is 0 Å². The molecular formula is C15H13FN2O2. The fraction of sp³-hybridized carbons (Fsp3) is 0.200. The second-order valence-corrected chi connectivity index (χ2v) is 3.98. The molecule has 0 unspecified atom stereocenters. The Hall–Kier alpha value is -2.45. The van der Waals surface area contributed by atoms with Crippen molar-refractivity contribution in [3.8, 4) is 17.6 Å². The Labute approximate surface area is 116 Å². The van der Waals surface area contributed by atoms with Crippen molar-refractivity contribution < 1.29 is 14.2 Å². The minimum Gasteiger partial charge on any atom is -0.487 e. The van der Waals surface area contributed by atoms with Crippen molar-refractivity contribution in [3.63, 3.8) is 0 Å². The molecule has 4 nitrogen and oxygen atoms in total. The molecule has 0 atom stereocenters. The largest absolute Gasteiger partial charge is 0.487 e. The Kier molecular flexibility index (Phi) is 5.04. The van der Waals surface area contributed by atoms with Crippen LogP contribution >= 0.6 is 0 Å². The zero-order valence-electron chi connectivity index (χ0n) is 10.7. The van der Waals surface area contributed by atoms with E-state index in [1.165, 1.54) is 6.07 Å². The number of aliphatic hydroxyl groups excluding tert-OH is 1. The molecule has 0 spiro atoms. The molecule has 0 aromatic carbocycles. The van der Waals surface area contributed by atoms with Gasteiger partial charge in [-0.2, -0.15) is 0 Å². The standard InChI is InChI=1S/C15H13FN2O2/c16-14-5-13(8-17-9-14)11-20-15-6-12(7-18-10-15)3-1-2-4-19/h5-10,19H,2,4,11H2. The summed E-state index contributed by atoms with van der Waals surface area (Å²) in [5.41, 5.74) is 1.34. The second kappa shape index (κ2) is 7.22. The summed E-state index contributed by atoms with van der Waals surface area (Å²) >= 11 is 0. The van der Waals surface area contributed by atoms with Gasteiger partial charge in [0.05, 0.1) is 19.0 Å². The van der Waals surface area contributed by atoms with Crippen LogP contribution in [0.4, 0.5) is 4.39 Å². The highest BCUT2D eigenvalue weighted by atomic mass is 19.1. The van der Waals surface area contributed by atoms with Crippen molar-refractivity contribution >= 4 is 0 Å². The van der Waals surface area contributed by atoms with Crippen LogP contribution in [-0.4, -0.2) is 21.7 Å². The van der Waals surface area contributed by atoms with Crippen LogP contribution < -0.4 is 4.74 Å². The van der Waals surface area contributed by atoms with Crippen molar-refractivity contribution in [2.45, 2.75) is 13.0 Å². The number of ether oxygens (including phenoxy) is 1. The third kappa shape index (κ3) is 4.34. The molecule has 0 radical (unpaired) electrons. The highest BCUT2D eigenvalue weighted by molar-refractivity contribution is 5.36. The average molecular weight is 272 g/mol. The van der Waals surface area contributed by atoms with E-state index in [0.29, 0.717) is 23.3 Å². The van der Waals surface area contributed by atoms with Gasteiger partial charge in [-0.05, 0) is 12.1 Å². The maximum absolute atomic E-state index is 13.0. The third-order valence-electron chi connectivity index (χ3n) is 2.35. The number of hydrogen-bond donors (Lipinski definition) is 1. The van der Waals surface area contributed by atoms with Gasteiger partial charge in [-0.15, -0.1) is 0 Å². The van der Waals surface area contributed by atoms with Gasteiger partial charge in [0.25, 0.3) is 0 Å². The van der Waals surface area contributed by atoms with E-state index < -0.39 is 5.82 Å². The summed E-state index contributed by atoms with van der Waals surface area (Å²) in [4.78, 5) is 7.76. The molecule has 2 aromatic rings. The van der Waals surface area contributed by atoms with Gasteiger partial charge in [-0.1, -0.05) is 11.8 Å². The van der Waals surface area contributed by atoms with Gasteiger partial charge in [-0.3, -0.25) is 9.97 Å². The highest BCUT2D eigenvalue weighted by Gasteiger charge is 1.99. The molecule has 0 bridgehead atoms. The Balaban J connectivity index is 2.00. The average Bonchev–Trinajstić information content (AvgIpc) is 2.46. The van der Waals surface area contributed by atoms with Crippen molar-refractivity contribution in [2.75, 3.05) is 6.61 Å². The monoisotopic (exact) mass is 272 g/mol. The van der Waals surface area contributed by atoms with E-state index in [-0.39, 0.29) is 13.2 Å². The summed E-state index contributed by atoms with van der Waals surface area (Å²) in [6, 6.07) is 3.11. The van der Waals surface area contributed by atoms with Crippen molar-refractivity contribution in [1.82, 2.24) is 9.97 Å². The normalized spacial score (nSPS) is 9.70.